The predicted molar refractivity (Wildman–Crippen MR) is 95.5 cm³/mol. The standard InChI is InChI=1S/C17H21FN4O2S/c1-10(2)9-22-14(12-4-6-13(18)7-5-12)8-20-17(22)25-11(3)15(23)21-16(19)24/h4-8,10-11H,9H2,1-3H3,(H3,19,21,23,24). The molecule has 0 aliphatic heterocycles. The van der Waals surface area contributed by atoms with Crippen LogP contribution in [0, 0.1) is 11.7 Å². The Labute approximate surface area is 150 Å². The van der Waals surface area contributed by atoms with Gasteiger partial charge in [-0.1, -0.05) is 25.6 Å². The van der Waals surface area contributed by atoms with Crippen LogP contribution < -0.4 is 11.1 Å². The van der Waals surface area contributed by atoms with Crippen molar-refractivity contribution in [1.29, 1.82) is 0 Å². The minimum Gasteiger partial charge on any atom is -0.351 e. The molecule has 3 N–H and O–H groups in total. The first kappa shape index (κ1) is 19.0. The fourth-order valence-electron chi connectivity index (χ4n) is 2.28. The van der Waals surface area contributed by atoms with E-state index in [1.165, 1.54) is 23.9 Å². The second-order valence-corrected chi connectivity index (χ2v) is 7.36. The van der Waals surface area contributed by atoms with Gasteiger partial charge in [-0.05, 0) is 42.7 Å². The lowest BCUT2D eigenvalue weighted by atomic mass is 10.1. The Morgan fingerprint density at radius 3 is 2.48 bits per heavy atom. The molecule has 0 spiro atoms. The smallest absolute Gasteiger partial charge is 0.318 e. The Hall–Kier alpha value is -2.35. The van der Waals surface area contributed by atoms with Gasteiger partial charge in [0.15, 0.2) is 5.16 Å². The third-order valence-electron chi connectivity index (χ3n) is 3.40. The van der Waals surface area contributed by atoms with Gasteiger partial charge in [-0.15, -0.1) is 0 Å². The quantitative estimate of drug-likeness (QED) is 0.771. The number of urea groups is 1. The molecule has 8 heteroatoms. The van der Waals surface area contributed by atoms with E-state index in [1.807, 2.05) is 4.57 Å². The van der Waals surface area contributed by atoms with E-state index in [2.05, 4.69) is 24.1 Å². The summed E-state index contributed by atoms with van der Waals surface area (Å²) < 4.78 is 15.2. The average Bonchev–Trinajstić information content (AvgIpc) is 2.89. The second-order valence-electron chi connectivity index (χ2n) is 6.05. The van der Waals surface area contributed by atoms with E-state index >= 15 is 0 Å². The molecule has 1 heterocycles. The molecule has 0 bridgehead atoms. The molecule has 0 aliphatic rings. The number of primary amides is 1. The van der Waals surface area contributed by atoms with Gasteiger partial charge in [0.1, 0.15) is 5.82 Å². The zero-order valence-electron chi connectivity index (χ0n) is 14.3. The van der Waals surface area contributed by atoms with Crippen molar-refractivity contribution in [3.63, 3.8) is 0 Å². The lowest BCUT2D eigenvalue weighted by Crippen LogP contribution is -2.39. The first-order chi connectivity index (χ1) is 11.8. The summed E-state index contributed by atoms with van der Waals surface area (Å²) >= 11 is 1.24. The van der Waals surface area contributed by atoms with E-state index in [4.69, 9.17) is 5.73 Å². The fraction of sp³-hybridized carbons (Fsp3) is 0.353. The Morgan fingerprint density at radius 1 is 1.28 bits per heavy atom. The summed E-state index contributed by atoms with van der Waals surface area (Å²) in [6.45, 7) is 6.52. The van der Waals surface area contributed by atoms with Gasteiger partial charge in [-0.3, -0.25) is 10.1 Å². The summed E-state index contributed by atoms with van der Waals surface area (Å²) in [5.41, 5.74) is 6.67. The summed E-state index contributed by atoms with van der Waals surface area (Å²) in [6.07, 6.45) is 1.71. The highest BCUT2D eigenvalue weighted by atomic mass is 32.2. The van der Waals surface area contributed by atoms with Gasteiger partial charge in [-0.25, -0.2) is 14.2 Å². The van der Waals surface area contributed by atoms with E-state index in [0.717, 1.165) is 11.3 Å². The number of hydrogen-bond acceptors (Lipinski definition) is 4. The van der Waals surface area contributed by atoms with Gasteiger partial charge in [0, 0.05) is 6.54 Å². The first-order valence-electron chi connectivity index (χ1n) is 7.86. The minimum atomic E-state index is -0.880. The number of thioether (sulfide) groups is 1. The van der Waals surface area contributed by atoms with Crippen LogP contribution in [-0.4, -0.2) is 26.7 Å². The maximum Gasteiger partial charge on any atom is 0.318 e. The molecular weight excluding hydrogens is 343 g/mol. The van der Waals surface area contributed by atoms with E-state index in [-0.39, 0.29) is 5.82 Å². The maximum absolute atomic E-state index is 13.2. The van der Waals surface area contributed by atoms with Crippen LogP contribution >= 0.6 is 11.8 Å². The Kier molecular flexibility index (Phi) is 6.19. The van der Waals surface area contributed by atoms with Crippen LogP contribution in [0.25, 0.3) is 11.3 Å². The molecule has 0 saturated heterocycles. The minimum absolute atomic E-state index is 0.301. The van der Waals surface area contributed by atoms with Crippen molar-refractivity contribution in [1.82, 2.24) is 14.9 Å². The third-order valence-corrected chi connectivity index (χ3v) is 4.51. The van der Waals surface area contributed by atoms with Gasteiger partial charge in [0.05, 0.1) is 17.1 Å². The third kappa shape index (κ3) is 5.06. The van der Waals surface area contributed by atoms with Gasteiger partial charge < -0.3 is 10.3 Å². The average molecular weight is 364 g/mol. The predicted octanol–water partition coefficient (Wildman–Crippen LogP) is 3.02. The second kappa shape index (κ2) is 8.15. The van der Waals surface area contributed by atoms with Gasteiger partial charge in [0.25, 0.3) is 0 Å². The number of halogens is 1. The lowest BCUT2D eigenvalue weighted by molar-refractivity contribution is -0.119. The Balaban J connectivity index is 2.30. The van der Waals surface area contributed by atoms with Gasteiger partial charge >= 0.3 is 6.03 Å². The molecule has 1 atom stereocenters. The number of imide groups is 1. The number of carbonyl (C=O) groups excluding carboxylic acids is 2. The fourth-order valence-corrected chi connectivity index (χ4v) is 3.18. The van der Waals surface area contributed by atoms with E-state index in [0.29, 0.717) is 17.6 Å². The van der Waals surface area contributed by atoms with Crippen LogP contribution in [0.15, 0.2) is 35.6 Å². The molecule has 3 amide bonds. The molecule has 1 aromatic carbocycles. The summed E-state index contributed by atoms with van der Waals surface area (Å²) in [6, 6.07) is 5.31. The summed E-state index contributed by atoms with van der Waals surface area (Å²) in [5.74, 6) is -0.424. The number of imidazole rings is 1. The van der Waals surface area contributed by atoms with Crippen molar-refractivity contribution >= 4 is 23.7 Å². The van der Waals surface area contributed by atoms with Crippen LogP contribution in [0.4, 0.5) is 9.18 Å². The molecule has 2 aromatic rings. The highest BCUT2D eigenvalue weighted by Crippen LogP contribution is 2.29. The number of nitrogens with one attached hydrogen (secondary N) is 1. The molecule has 1 unspecified atom stereocenters. The van der Waals surface area contributed by atoms with Crippen molar-refractivity contribution in [3.05, 3.63) is 36.3 Å². The summed E-state index contributed by atoms with van der Waals surface area (Å²) in [5, 5.41) is 2.18. The molecule has 0 saturated carbocycles. The Bertz CT molecular complexity index is 759. The van der Waals surface area contributed by atoms with E-state index in [1.54, 1.807) is 25.3 Å². The monoisotopic (exact) mass is 364 g/mol. The number of hydrogen-bond donors (Lipinski definition) is 2. The summed E-state index contributed by atoms with van der Waals surface area (Å²) in [7, 11) is 0. The number of nitrogens with zero attached hydrogens (tertiary/aromatic N) is 2. The highest BCUT2D eigenvalue weighted by molar-refractivity contribution is 8.00. The van der Waals surface area contributed by atoms with Crippen LogP contribution in [0.5, 0.6) is 0 Å². The topological polar surface area (TPSA) is 90.0 Å². The molecular formula is C17H21FN4O2S. The van der Waals surface area contributed by atoms with Crippen molar-refractivity contribution in [2.24, 2.45) is 11.7 Å². The van der Waals surface area contributed by atoms with Crippen molar-refractivity contribution < 1.29 is 14.0 Å². The maximum atomic E-state index is 13.2. The zero-order valence-corrected chi connectivity index (χ0v) is 15.1. The largest absolute Gasteiger partial charge is 0.351 e. The zero-order chi connectivity index (χ0) is 18.6. The van der Waals surface area contributed by atoms with Crippen LogP contribution in [0.1, 0.15) is 20.8 Å². The first-order valence-corrected chi connectivity index (χ1v) is 8.74. The molecule has 2 rings (SSSR count). The SMILES string of the molecule is CC(C)Cn1c(-c2ccc(F)cc2)cnc1SC(C)C(=O)NC(N)=O. The highest BCUT2D eigenvalue weighted by Gasteiger charge is 2.21. The Morgan fingerprint density at radius 2 is 1.92 bits per heavy atom. The van der Waals surface area contributed by atoms with Gasteiger partial charge in [-0.2, -0.15) is 0 Å². The number of carbonyl (C=O) groups is 2. The number of nitrogens with two attached hydrogens (primary N) is 1. The van der Waals surface area contributed by atoms with Gasteiger partial charge in [0.2, 0.25) is 5.91 Å². The van der Waals surface area contributed by atoms with Crippen LogP contribution in [0.3, 0.4) is 0 Å². The lowest BCUT2D eigenvalue weighted by Gasteiger charge is -2.16. The number of benzene rings is 1. The molecule has 25 heavy (non-hydrogen) atoms. The molecule has 0 radical (unpaired) electrons. The number of rotatable bonds is 6. The van der Waals surface area contributed by atoms with Crippen LogP contribution in [0.2, 0.25) is 0 Å². The molecule has 1 aromatic heterocycles. The summed E-state index contributed by atoms with van der Waals surface area (Å²) in [4.78, 5) is 27.1. The van der Waals surface area contributed by atoms with Crippen LogP contribution in [-0.2, 0) is 11.3 Å². The normalized spacial score (nSPS) is 12.2. The van der Waals surface area contributed by atoms with E-state index in [9.17, 15) is 14.0 Å². The molecule has 0 aliphatic carbocycles. The van der Waals surface area contributed by atoms with Crippen molar-refractivity contribution in [3.8, 4) is 11.3 Å². The van der Waals surface area contributed by atoms with Crippen molar-refractivity contribution in [2.45, 2.75) is 37.7 Å². The van der Waals surface area contributed by atoms with E-state index < -0.39 is 17.2 Å². The molecule has 0 fully saturated rings. The number of aromatic nitrogens is 2. The molecule has 134 valence electrons. The molecule has 6 nitrogen and oxygen atoms in total. The van der Waals surface area contributed by atoms with Crippen molar-refractivity contribution in [2.75, 3.05) is 0 Å². The number of amides is 3.